The minimum atomic E-state index is -0.727. The number of ether oxygens (including phenoxy) is 1. The number of thiophene rings is 1. The lowest BCUT2D eigenvalue weighted by Crippen LogP contribution is -2.47. The second-order valence-corrected chi connectivity index (χ2v) is 6.55. The van der Waals surface area contributed by atoms with Crippen LogP contribution in [0.3, 0.4) is 0 Å². The summed E-state index contributed by atoms with van der Waals surface area (Å²) in [6.07, 6.45) is 0. The Morgan fingerprint density at radius 1 is 1.40 bits per heavy atom. The van der Waals surface area contributed by atoms with Gasteiger partial charge in [0.05, 0.1) is 11.6 Å². The summed E-state index contributed by atoms with van der Waals surface area (Å²) in [5.74, 6) is -0.253. The Bertz CT molecular complexity index is 621. The van der Waals surface area contributed by atoms with Crippen LogP contribution in [-0.2, 0) is 16.1 Å². The van der Waals surface area contributed by atoms with E-state index in [9.17, 15) is 4.79 Å². The Hall–Kier alpha value is -1.10. The molecule has 0 amide bonds. The van der Waals surface area contributed by atoms with Gasteiger partial charge in [-0.3, -0.25) is 10.1 Å². The Morgan fingerprint density at radius 2 is 2.10 bits per heavy atom. The minimum Gasteiger partial charge on any atom is -0.465 e. The molecule has 0 saturated heterocycles. The lowest BCUT2D eigenvalue weighted by Gasteiger charge is -2.23. The number of carbonyl (C=O) groups is 1. The number of fused-ring (bicyclic) bond motifs is 1. The van der Waals surface area contributed by atoms with Crippen LogP contribution in [0.4, 0.5) is 0 Å². The highest BCUT2D eigenvalue weighted by Crippen LogP contribution is 2.35. The van der Waals surface area contributed by atoms with E-state index < -0.39 is 5.54 Å². The monoisotopic (exact) mass is 311 g/mol. The minimum absolute atomic E-state index is 0.253. The van der Waals surface area contributed by atoms with Crippen LogP contribution in [0.25, 0.3) is 10.1 Å². The van der Waals surface area contributed by atoms with E-state index >= 15 is 0 Å². The molecule has 2 rings (SSSR count). The van der Waals surface area contributed by atoms with Crippen LogP contribution in [0, 0.1) is 0 Å². The van der Waals surface area contributed by atoms with E-state index in [4.69, 9.17) is 16.3 Å². The molecule has 0 unspecified atom stereocenters. The lowest BCUT2D eigenvalue weighted by molar-refractivity contribution is -0.149. The summed E-state index contributed by atoms with van der Waals surface area (Å²) < 4.78 is 6.21. The summed E-state index contributed by atoms with van der Waals surface area (Å²) in [6, 6.07) is 8.02. The van der Waals surface area contributed by atoms with Crippen LogP contribution in [-0.4, -0.2) is 18.1 Å². The van der Waals surface area contributed by atoms with E-state index in [0.29, 0.717) is 13.2 Å². The molecule has 1 aromatic carbocycles. The standard InChI is InChI=1S/C15H18ClNO2S/c1-4-19-14(18)15(2,3)17-9-12-13(16)10-7-5-6-8-11(10)20-12/h5-8,17H,4,9H2,1-3H3. The third-order valence-electron chi connectivity index (χ3n) is 3.08. The fourth-order valence-electron chi connectivity index (χ4n) is 1.86. The Morgan fingerprint density at radius 3 is 2.75 bits per heavy atom. The van der Waals surface area contributed by atoms with Crippen molar-refractivity contribution in [1.82, 2.24) is 5.32 Å². The highest BCUT2D eigenvalue weighted by molar-refractivity contribution is 7.19. The number of carbonyl (C=O) groups excluding carboxylic acids is 1. The van der Waals surface area contributed by atoms with E-state index in [1.165, 1.54) is 0 Å². The molecule has 0 saturated carbocycles. The zero-order valence-corrected chi connectivity index (χ0v) is 13.4. The van der Waals surface area contributed by atoms with Crippen molar-refractivity contribution in [2.75, 3.05) is 6.61 Å². The molecule has 20 heavy (non-hydrogen) atoms. The maximum atomic E-state index is 11.8. The second-order valence-electron chi connectivity index (χ2n) is 5.03. The average molecular weight is 312 g/mol. The van der Waals surface area contributed by atoms with Gasteiger partial charge in [0.25, 0.3) is 0 Å². The van der Waals surface area contributed by atoms with Crippen molar-refractivity contribution in [3.63, 3.8) is 0 Å². The molecule has 0 spiro atoms. The second kappa shape index (κ2) is 6.12. The molecule has 108 valence electrons. The molecule has 0 bridgehead atoms. The lowest BCUT2D eigenvalue weighted by atomic mass is 10.1. The molecule has 0 aliphatic rings. The summed E-state index contributed by atoms with van der Waals surface area (Å²) in [5.41, 5.74) is -0.727. The molecule has 1 heterocycles. The van der Waals surface area contributed by atoms with Gasteiger partial charge < -0.3 is 4.74 Å². The van der Waals surface area contributed by atoms with Crippen LogP contribution >= 0.6 is 22.9 Å². The first kappa shape index (κ1) is 15.3. The zero-order valence-electron chi connectivity index (χ0n) is 11.8. The predicted molar refractivity (Wildman–Crippen MR) is 84.4 cm³/mol. The van der Waals surface area contributed by atoms with Gasteiger partial charge in [-0.1, -0.05) is 29.8 Å². The molecule has 0 aliphatic heterocycles. The summed E-state index contributed by atoms with van der Waals surface area (Å²) >= 11 is 8.02. The molecule has 1 N–H and O–H groups in total. The van der Waals surface area contributed by atoms with Gasteiger partial charge in [0, 0.05) is 21.5 Å². The van der Waals surface area contributed by atoms with E-state index in [-0.39, 0.29) is 5.97 Å². The summed E-state index contributed by atoms with van der Waals surface area (Å²) in [5, 5.41) is 5.04. The van der Waals surface area contributed by atoms with Crippen LogP contribution in [0.2, 0.25) is 5.02 Å². The van der Waals surface area contributed by atoms with Gasteiger partial charge >= 0.3 is 5.97 Å². The number of benzene rings is 1. The molecule has 3 nitrogen and oxygen atoms in total. The third kappa shape index (κ3) is 3.14. The molecule has 0 radical (unpaired) electrons. The molecular formula is C15H18ClNO2S. The number of rotatable bonds is 5. The molecule has 0 aliphatic carbocycles. The topological polar surface area (TPSA) is 38.3 Å². The van der Waals surface area contributed by atoms with Gasteiger partial charge in [-0.15, -0.1) is 11.3 Å². The van der Waals surface area contributed by atoms with Crippen molar-refractivity contribution in [3.8, 4) is 0 Å². The summed E-state index contributed by atoms with van der Waals surface area (Å²) in [4.78, 5) is 12.9. The van der Waals surface area contributed by atoms with Crippen LogP contribution in [0.5, 0.6) is 0 Å². The highest BCUT2D eigenvalue weighted by atomic mass is 35.5. The largest absolute Gasteiger partial charge is 0.465 e. The van der Waals surface area contributed by atoms with Crippen LogP contribution < -0.4 is 5.32 Å². The maximum Gasteiger partial charge on any atom is 0.325 e. The zero-order chi connectivity index (χ0) is 14.8. The first-order chi connectivity index (χ1) is 9.45. The first-order valence-corrected chi connectivity index (χ1v) is 7.73. The van der Waals surface area contributed by atoms with Crippen LogP contribution in [0.15, 0.2) is 24.3 Å². The van der Waals surface area contributed by atoms with Crippen molar-refractivity contribution in [3.05, 3.63) is 34.2 Å². The maximum absolute atomic E-state index is 11.8. The van der Waals surface area contributed by atoms with E-state index in [2.05, 4.69) is 5.32 Å². The normalized spacial score (nSPS) is 11.8. The molecular weight excluding hydrogens is 294 g/mol. The molecule has 1 aromatic heterocycles. The predicted octanol–water partition coefficient (Wildman–Crippen LogP) is 3.99. The van der Waals surface area contributed by atoms with Gasteiger partial charge in [0.1, 0.15) is 5.54 Å². The van der Waals surface area contributed by atoms with Gasteiger partial charge in [-0.2, -0.15) is 0 Å². The third-order valence-corrected chi connectivity index (χ3v) is 4.79. The summed E-state index contributed by atoms with van der Waals surface area (Å²) in [6.45, 7) is 6.35. The molecule has 2 aromatic rings. The van der Waals surface area contributed by atoms with Gasteiger partial charge in [-0.05, 0) is 26.8 Å². The van der Waals surface area contributed by atoms with Gasteiger partial charge in [0.2, 0.25) is 0 Å². The fraction of sp³-hybridized carbons (Fsp3) is 0.400. The molecule has 0 fully saturated rings. The number of hydrogen-bond donors (Lipinski definition) is 1. The smallest absolute Gasteiger partial charge is 0.325 e. The Labute approximate surface area is 127 Å². The Balaban J connectivity index is 2.13. The molecule has 5 heteroatoms. The number of esters is 1. The van der Waals surface area contributed by atoms with Crippen molar-refractivity contribution in [1.29, 1.82) is 0 Å². The van der Waals surface area contributed by atoms with Gasteiger partial charge in [0.15, 0.2) is 0 Å². The number of halogens is 1. The van der Waals surface area contributed by atoms with Crippen molar-refractivity contribution < 1.29 is 9.53 Å². The van der Waals surface area contributed by atoms with Crippen molar-refractivity contribution in [2.45, 2.75) is 32.9 Å². The number of nitrogens with one attached hydrogen (secondary N) is 1. The van der Waals surface area contributed by atoms with Gasteiger partial charge in [-0.25, -0.2) is 0 Å². The quantitative estimate of drug-likeness (QED) is 0.849. The van der Waals surface area contributed by atoms with E-state index in [1.807, 2.05) is 38.1 Å². The van der Waals surface area contributed by atoms with E-state index in [1.54, 1.807) is 18.3 Å². The summed E-state index contributed by atoms with van der Waals surface area (Å²) in [7, 11) is 0. The fourth-order valence-corrected chi connectivity index (χ4v) is 3.30. The molecule has 0 atom stereocenters. The first-order valence-electron chi connectivity index (χ1n) is 6.54. The SMILES string of the molecule is CCOC(=O)C(C)(C)NCc1sc2ccccc2c1Cl. The average Bonchev–Trinajstić information content (AvgIpc) is 2.74. The van der Waals surface area contributed by atoms with Crippen molar-refractivity contribution >= 4 is 39.0 Å². The van der Waals surface area contributed by atoms with E-state index in [0.717, 1.165) is 20.0 Å². The van der Waals surface area contributed by atoms with Crippen molar-refractivity contribution in [2.24, 2.45) is 0 Å². The number of hydrogen-bond acceptors (Lipinski definition) is 4. The highest BCUT2D eigenvalue weighted by Gasteiger charge is 2.28. The Kier molecular flexibility index (Phi) is 4.68. The van der Waals surface area contributed by atoms with Crippen LogP contribution in [0.1, 0.15) is 25.6 Å².